The van der Waals surface area contributed by atoms with Crippen LogP contribution in [0.25, 0.3) is 0 Å². The van der Waals surface area contributed by atoms with Gasteiger partial charge in [-0.25, -0.2) is 9.97 Å². The molecule has 0 saturated carbocycles. The molecular formula is C15H26N4. The van der Waals surface area contributed by atoms with Crippen LogP contribution in [0.3, 0.4) is 0 Å². The standard InChI is InChI=1S/C15H26N4/c1-4-7-13-17-14(16-9-5-2)11-15(18-13)19-10-6-8-12(19)3/h11-12H,4-10H2,1-3H3,(H,16,17,18). The molecule has 106 valence electrons. The van der Waals surface area contributed by atoms with E-state index >= 15 is 0 Å². The van der Waals surface area contributed by atoms with Crippen molar-refractivity contribution >= 4 is 11.6 Å². The van der Waals surface area contributed by atoms with E-state index in [4.69, 9.17) is 4.98 Å². The molecule has 1 saturated heterocycles. The van der Waals surface area contributed by atoms with E-state index in [1.165, 1.54) is 12.8 Å². The molecule has 4 heteroatoms. The van der Waals surface area contributed by atoms with Crippen LogP contribution in [0, 0.1) is 0 Å². The lowest BCUT2D eigenvalue weighted by Crippen LogP contribution is -2.27. The molecule has 0 bridgehead atoms. The second-order valence-electron chi connectivity index (χ2n) is 5.39. The summed E-state index contributed by atoms with van der Waals surface area (Å²) in [6.07, 6.45) is 5.70. The first-order valence-corrected chi connectivity index (χ1v) is 7.63. The van der Waals surface area contributed by atoms with Crippen molar-refractivity contribution in [2.75, 3.05) is 23.3 Å². The smallest absolute Gasteiger partial charge is 0.134 e. The van der Waals surface area contributed by atoms with Crippen LogP contribution in [0.2, 0.25) is 0 Å². The highest BCUT2D eigenvalue weighted by Gasteiger charge is 2.22. The summed E-state index contributed by atoms with van der Waals surface area (Å²) in [7, 11) is 0. The van der Waals surface area contributed by atoms with Crippen LogP contribution in [0.15, 0.2) is 6.07 Å². The van der Waals surface area contributed by atoms with E-state index < -0.39 is 0 Å². The van der Waals surface area contributed by atoms with Crippen molar-refractivity contribution in [3.63, 3.8) is 0 Å². The lowest BCUT2D eigenvalue weighted by Gasteiger charge is -2.23. The van der Waals surface area contributed by atoms with E-state index in [0.717, 1.165) is 49.8 Å². The van der Waals surface area contributed by atoms with Gasteiger partial charge in [-0.1, -0.05) is 13.8 Å². The van der Waals surface area contributed by atoms with Crippen molar-refractivity contribution in [3.8, 4) is 0 Å². The Balaban J connectivity index is 2.22. The fourth-order valence-electron chi connectivity index (χ4n) is 2.58. The van der Waals surface area contributed by atoms with Crippen molar-refractivity contribution in [1.82, 2.24) is 9.97 Å². The molecule has 2 rings (SSSR count). The predicted octanol–water partition coefficient (Wildman–Crippen LogP) is 3.24. The summed E-state index contributed by atoms with van der Waals surface area (Å²) in [5.74, 6) is 3.05. The normalized spacial score (nSPS) is 18.9. The number of nitrogens with zero attached hydrogens (tertiary/aromatic N) is 3. The topological polar surface area (TPSA) is 41.0 Å². The minimum atomic E-state index is 0.600. The van der Waals surface area contributed by atoms with Crippen LogP contribution < -0.4 is 10.2 Å². The molecule has 1 atom stereocenters. The van der Waals surface area contributed by atoms with Gasteiger partial charge < -0.3 is 10.2 Å². The molecule has 2 heterocycles. The monoisotopic (exact) mass is 262 g/mol. The average Bonchev–Trinajstić information content (AvgIpc) is 2.83. The molecule has 1 aliphatic heterocycles. The van der Waals surface area contributed by atoms with Crippen LogP contribution in [-0.2, 0) is 6.42 Å². The minimum Gasteiger partial charge on any atom is -0.370 e. The summed E-state index contributed by atoms with van der Waals surface area (Å²) in [6, 6.07) is 2.71. The van der Waals surface area contributed by atoms with Gasteiger partial charge in [-0.05, 0) is 32.6 Å². The number of aryl methyl sites for hydroxylation is 1. The molecule has 1 fully saturated rings. The first kappa shape index (κ1) is 14.1. The molecule has 1 aromatic rings. The number of rotatable bonds is 6. The predicted molar refractivity (Wildman–Crippen MR) is 80.8 cm³/mol. The zero-order valence-electron chi connectivity index (χ0n) is 12.4. The van der Waals surface area contributed by atoms with E-state index in [-0.39, 0.29) is 0 Å². The summed E-state index contributed by atoms with van der Waals surface area (Å²) >= 11 is 0. The van der Waals surface area contributed by atoms with Crippen LogP contribution >= 0.6 is 0 Å². The van der Waals surface area contributed by atoms with E-state index in [1.807, 2.05) is 0 Å². The van der Waals surface area contributed by atoms with Crippen LogP contribution in [-0.4, -0.2) is 29.1 Å². The summed E-state index contributed by atoms with van der Waals surface area (Å²) in [6.45, 7) is 8.72. The van der Waals surface area contributed by atoms with Crippen molar-refractivity contribution < 1.29 is 0 Å². The highest BCUT2D eigenvalue weighted by molar-refractivity contribution is 5.50. The Bertz CT molecular complexity index is 405. The van der Waals surface area contributed by atoms with Crippen LogP contribution in [0.5, 0.6) is 0 Å². The first-order chi connectivity index (χ1) is 9.24. The zero-order valence-corrected chi connectivity index (χ0v) is 12.4. The Labute approximate surface area is 116 Å². The van der Waals surface area contributed by atoms with Crippen molar-refractivity contribution in [3.05, 3.63) is 11.9 Å². The quantitative estimate of drug-likeness (QED) is 0.854. The van der Waals surface area contributed by atoms with Gasteiger partial charge in [-0.15, -0.1) is 0 Å². The van der Waals surface area contributed by atoms with Crippen molar-refractivity contribution in [2.24, 2.45) is 0 Å². The van der Waals surface area contributed by atoms with E-state index in [9.17, 15) is 0 Å². The lowest BCUT2D eigenvalue weighted by atomic mass is 10.2. The van der Waals surface area contributed by atoms with Gasteiger partial charge in [-0.2, -0.15) is 0 Å². The first-order valence-electron chi connectivity index (χ1n) is 7.63. The maximum Gasteiger partial charge on any atom is 0.134 e. The Morgan fingerprint density at radius 1 is 1.32 bits per heavy atom. The maximum atomic E-state index is 4.74. The van der Waals surface area contributed by atoms with E-state index in [1.54, 1.807) is 0 Å². The Kier molecular flexibility index (Phi) is 5.00. The molecule has 1 unspecified atom stereocenters. The molecule has 4 nitrogen and oxygen atoms in total. The van der Waals surface area contributed by atoms with E-state index in [2.05, 4.69) is 42.0 Å². The van der Waals surface area contributed by atoms with Crippen molar-refractivity contribution in [1.29, 1.82) is 0 Å². The summed E-state index contributed by atoms with van der Waals surface area (Å²) < 4.78 is 0. The summed E-state index contributed by atoms with van der Waals surface area (Å²) in [5.41, 5.74) is 0. The third-order valence-electron chi connectivity index (χ3n) is 3.64. The number of aromatic nitrogens is 2. The van der Waals surface area contributed by atoms with Gasteiger partial charge in [0.25, 0.3) is 0 Å². The van der Waals surface area contributed by atoms with E-state index in [0.29, 0.717) is 6.04 Å². The van der Waals surface area contributed by atoms with Crippen molar-refractivity contribution in [2.45, 2.75) is 58.9 Å². The molecule has 1 N–H and O–H groups in total. The number of anilines is 2. The second kappa shape index (κ2) is 6.73. The maximum absolute atomic E-state index is 4.74. The molecule has 0 aliphatic carbocycles. The third kappa shape index (κ3) is 3.58. The highest BCUT2D eigenvalue weighted by atomic mass is 15.2. The van der Waals surface area contributed by atoms with Gasteiger partial charge in [0.05, 0.1) is 0 Å². The molecular weight excluding hydrogens is 236 g/mol. The number of hydrogen-bond donors (Lipinski definition) is 1. The lowest BCUT2D eigenvalue weighted by molar-refractivity contribution is 0.719. The van der Waals surface area contributed by atoms with Crippen LogP contribution in [0.4, 0.5) is 11.6 Å². The zero-order chi connectivity index (χ0) is 13.7. The summed E-state index contributed by atoms with van der Waals surface area (Å²) in [4.78, 5) is 11.8. The fraction of sp³-hybridized carbons (Fsp3) is 0.733. The van der Waals surface area contributed by atoms with Gasteiger partial charge in [0.2, 0.25) is 0 Å². The van der Waals surface area contributed by atoms with Gasteiger partial charge in [0.1, 0.15) is 17.5 Å². The second-order valence-corrected chi connectivity index (χ2v) is 5.39. The fourth-order valence-corrected chi connectivity index (χ4v) is 2.58. The minimum absolute atomic E-state index is 0.600. The Hall–Kier alpha value is -1.32. The van der Waals surface area contributed by atoms with Gasteiger partial charge in [0.15, 0.2) is 0 Å². The summed E-state index contributed by atoms with van der Waals surface area (Å²) in [5, 5.41) is 3.39. The highest BCUT2D eigenvalue weighted by Crippen LogP contribution is 2.25. The van der Waals surface area contributed by atoms with Gasteiger partial charge in [0, 0.05) is 31.6 Å². The molecule has 0 aromatic carbocycles. The number of hydrogen-bond acceptors (Lipinski definition) is 4. The van der Waals surface area contributed by atoms with Gasteiger partial charge in [-0.3, -0.25) is 0 Å². The molecule has 1 aromatic heterocycles. The average molecular weight is 262 g/mol. The third-order valence-corrected chi connectivity index (χ3v) is 3.64. The Morgan fingerprint density at radius 3 is 2.79 bits per heavy atom. The molecule has 1 aliphatic rings. The Morgan fingerprint density at radius 2 is 2.16 bits per heavy atom. The van der Waals surface area contributed by atoms with Gasteiger partial charge >= 0.3 is 0 Å². The largest absolute Gasteiger partial charge is 0.370 e. The molecule has 0 amide bonds. The molecule has 19 heavy (non-hydrogen) atoms. The molecule has 0 spiro atoms. The van der Waals surface area contributed by atoms with Crippen LogP contribution in [0.1, 0.15) is 52.3 Å². The molecule has 0 radical (unpaired) electrons. The number of nitrogens with one attached hydrogen (secondary N) is 1. The SMILES string of the molecule is CCCNc1cc(N2CCCC2C)nc(CCC)n1.